The van der Waals surface area contributed by atoms with Gasteiger partial charge in [-0.25, -0.2) is 4.98 Å². The van der Waals surface area contributed by atoms with Crippen molar-refractivity contribution in [3.63, 3.8) is 0 Å². The van der Waals surface area contributed by atoms with Gasteiger partial charge in [-0.1, -0.05) is 24.3 Å². The Bertz CT molecular complexity index is 615. The Hall–Kier alpha value is -2.08. The first-order chi connectivity index (χ1) is 8.75. The molecule has 18 heavy (non-hydrogen) atoms. The second-order valence-corrected chi connectivity index (χ2v) is 5.01. The Kier molecular flexibility index (Phi) is 2.45. The van der Waals surface area contributed by atoms with E-state index in [2.05, 4.69) is 35.1 Å². The van der Waals surface area contributed by atoms with Gasteiger partial charge in [0, 0.05) is 5.56 Å². The smallest absolute Gasteiger partial charge is 0.127 e. The van der Waals surface area contributed by atoms with Crippen LogP contribution in [0.4, 0.5) is 0 Å². The van der Waals surface area contributed by atoms with Crippen LogP contribution in [-0.4, -0.2) is 9.97 Å². The van der Waals surface area contributed by atoms with E-state index < -0.39 is 0 Å². The molecule has 0 aliphatic heterocycles. The van der Waals surface area contributed by atoms with Gasteiger partial charge in [0.1, 0.15) is 11.2 Å². The fourth-order valence-corrected chi connectivity index (χ4v) is 2.51. The lowest BCUT2D eigenvalue weighted by atomic mass is 9.69. The summed E-state index contributed by atoms with van der Waals surface area (Å²) in [5.74, 6) is 0.828. The van der Waals surface area contributed by atoms with Crippen molar-refractivity contribution in [1.29, 1.82) is 5.26 Å². The Morgan fingerprint density at radius 2 is 2.11 bits per heavy atom. The zero-order valence-corrected chi connectivity index (χ0v) is 10.4. The highest BCUT2D eigenvalue weighted by Gasteiger charge is 2.41. The third-order valence-electron chi connectivity index (χ3n) is 3.89. The Labute approximate surface area is 106 Å². The molecule has 0 amide bonds. The summed E-state index contributed by atoms with van der Waals surface area (Å²) in [6, 6.07) is 10.6. The number of nitrogens with one attached hydrogen (secondary N) is 1. The Balaban J connectivity index is 2.00. The highest BCUT2D eigenvalue weighted by atomic mass is 14.9. The lowest BCUT2D eigenvalue weighted by molar-refractivity contribution is 0.309. The van der Waals surface area contributed by atoms with E-state index in [0.717, 1.165) is 36.3 Å². The minimum atomic E-state index is -0.360. The number of imidazole rings is 1. The summed E-state index contributed by atoms with van der Waals surface area (Å²) in [6.07, 6.45) is 4.80. The van der Waals surface area contributed by atoms with E-state index in [1.165, 1.54) is 5.56 Å². The number of nitriles is 1. The van der Waals surface area contributed by atoms with Crippen molar-refractivity contribution >= 4 is 0 Å². The van der Waals surface area contributed by atoms with Crippen LogP contribution >= 0.6 is 0 Å². The molecule has 0 bridgehead atoms. The first kappa shape index (κ1) is 11.0. The number of benzene rings is 1. The quantitative estimate of drug-likeness (QED) is 0.871. The van der Waals surface area contributed by atoms with Crippen molar-refractivity contribution in [3.8, 4) is 17.3 Å². The van der Waals surface area contributed by atoms with Crippen molar-refractivity contribution in [1.82, 2.24) is 9.97 Å². The zero-order valence-electron chi connectivity index (χ0n) is 10.4. The van der Waals surface area contributed by atoms with E-state index in [-0.39, 0.29) is 5.41 Å². The molecule has 1 aliphatic rings. The van der Waals surface area contributed by atoms with Gasteiger partial charge in [0.2, 0.25) is 0 Å². The SMILES string of the molecule is Cc1ccccc1-c1cnc(C2(C#N)CCC2)[nH]1. The molecule has 2 aromatic rings. The summed E-state index contributed by atoms with van der Waals surface area (Å²) in [7, 11) is 0. The third kappa shape index (κ3) is 1.53. The molecule has 1 aromatic heterocycles. The maximum Gasteiger partial charge on any atom is 0.127 e. The molecule has 1 aliphatic carbocycles. The van der Waals surface area contributed by atoms with Crippen LogP contribution < -0.4 is 0 Å². The molecule has 1 fully saturated rings. The molecular weight excluding hydrogens is 222 g/mol. The van der Waals surface area contributed by atoms with Gasteiger partial charge in [-0.3, -0.25) is 0 Å². The molecule has 1 N–H and O–H groups in total. The van der Waals surface area contributed by atoms with Crippen LogP contribution in [0.5, 0.6) is 0 Å². The topological polar surface area (TPSA) is 52.5 Å². The number of hydrogen-bond donors (Lipinski definition) is 1. The monoisotopic (exact) mass is 237 g/mol. The molecule has 0 atom stereocenters. The van der Waals surface area contributed by atoms with E-state index in [1.54, 1.807) is 0 Å². The summed E-state index contributed by atoms with van der Waals surface area (Å²) in [5, 5.41) is 9.31. The second kappa shape index (κ2) is 3.99. The lowest BCUT2D eigenvalue weighted by Crippen LogP contribution is -2.33. The third-order valence-corrected chi connectivity index (χ3v) is 3.89. The van der Waals surface area contributed by atoms with Crippen molar-refractivity contribution < 1.29 is 0 Å². The van der Waals surface area contributed by atoms with Crippen LogP contribution in [0.25, 0.3) is 11.3 Å². The number of rotatable bonds is 2. The van der Waals surface area contributed by atoms with Crippen molar-refractivity contribution in [2.24, 2.45) is 0 Å². The molecule has 0 unspecified atom stereocenters. The maximum absolute atomic E-state index is 9.31. The molecule has 3 nitrogen and oxygen atoms in total. The Morgan fingerprint density at radius 3 is 2.72 bits per heavy atom. The van der Waals surface area contributed by atoms with E-state index in [4.69, 9.17) is 0 Å². The van der Waals surface area contributed by atoms with Gasteiger partial charge < -0.3 is 4.98 Å². The standard InChI is InChI=1S/C15H15N3/c1-11-5-2-3-6-12(11)13-9-17-14(18-13)15(10-16)7-4-8-15/h2-3,5-6,9H,4,7-8H2,1H3,(H,17,18). The second-order valence-electron chi connectivity index (χ2n) is 5.01. The van der Waals surface area contributed by atoms with Crippen LogP contribution in [0.3, 0.4) is 0 Å². The Morgan fingerprint density at radius 1 is 1.33 bits per heavy atom. The van der Waals surface area contributed by atoms with Gasteiger partial charge in [0.15, 0.2) is 0 Å². The molecule has 0 spiro atoms. The molecule has 1 aromatic carbocycles. The molecular formula is C15H15N3. The molecule has 0 radical (unpaired) electrons. The van der Waals surface area contributed by atoms with E-state index in [9.17, 15) is 5.26 Å². The minimum absolute atomic E-state index is 0.360. The van der Waals surface area contributed by atoms with Gasteiger partial charge in [0.05, 0.1) is 18.0 Å². The normalized spacial score (nSPS) is 16.9. The van der Waals surface area contributed by atoms with Crippen LogP contribution in [0, 0.1) is 18.3 Å². The van der Waals surface area contributed by atoms with Crippen LogP contribution in [-0.2, 0) is 5.41 Å². The average Bonchev–Trinajstić information content (AvgIpc) is 2.79. The average molecular weight is 237 g/mol. The zero-order chi connectivity index (χ0) is 12.6. The first-order valence-corrected chi connectivity index (χ1v) is 6.28. The van der Waals surface area contributed by atoms with Crippen molar-refractivity contribution in [3.05, 3.63) is 41.9 Å². The number of aromatic amines is 1. The summed E-state index contributed by atoms with van der Waals surface area (Å²) in [4.78, 5) is 7.75. The number of H-pyrrole nitrogens is 1. The van der Waals surface area contributed by atoms with Gasteiger partial charge in [-0.2, -0.15) is 5.26 Å². The molecule has 0 saturated heterocycles. The summed E-state index contributed by atoms with van der Waals surface area (Å²) in [6.45, 7) is 2.08. The summed E-state index contributed by atoms with van der Waals surface area (Å²) >= 11 is 0. The van der Waals surface area contributed by atoms with Crippen LogP contribution in [0.1, 0.15) is 30.7 Å². The van der Waals surface area contributed by atoms with Crippen molar-refractivity contribution in [2.45, 2.75) is 31.6 Å². The molecule has 1 saturated carbocycles. The lowest BCUT2D eigenvalue weighted by Gasteiger charge is -2.32. The van der Waals surface area contributed by atoms with Crippen LogP contribution in [0.2, 0.25) is 0 Å². The number of aryl methyl sites for hydroxylation is 1. The predicted octanol–water partition coefficient (Wildman–Crippen LogP) is 3.33. The molecule has 3 heteroatoms. The molecule has 1 heterocycles. The van der Waals surface area contributed by atoms with Crippen molar-refractivity contribution in [2.75, 3.05) is 0 Å². The number of nitrogens with zero attached hydrogens (tertiary/aromatic N) is 2. The van der Waals surface area contributed by atoms with Gasteiger partial charge in [-0.15, -0.1) is 0 Å². The first-order valence-electron chi connectivity index (χ1n) is 6.28. The maximum atomic E-state index is 9.31. The minimum Gasteiger partial charge on any atom is -0.341 e. The highest BCUT2D eigenvalue weighted by molar-refractivity contribution is 5.63. The van der Waals surface area contributed by atoms with Gasteiger partial charge >= 0.3 is 0 Å². The predicted molar refractivity (Wildman–Crippen MR) is 69.9 cm³/mol. The fourth-order valence-electron chi connectivity index (χ4n) is 2.51. The molecule has 90 valence electrons. The summed E-state index contributed by atoms with van der Waals surface area (Å²) in [5.41, 5.74) is 3.02. The highest BCUT2D eigenvalue weighted by Crippen LogP contribution is 2.42. The summed E-state index contributed by atoms with van der Waals surface area (Å²) < 4.78 is 0. The van der Waals surface area contributed by atoms with E-state index >= 15 is 0 Å². The van der Waals surface area contributed by atoms with Gasteiger partial charge in [0.25, 0.3) is 0 Å². The van der Waals surface area contributed by atoms with Gasteiger partial charge in [-0.05, 0) is 31.7 Å². The van der Waals surface area contributed by atoms with E-state index in [1.807, 2.05) is 18.3 Å². The number of hydrogen-bond acceptors (Lipinski definition) is 2. The largest absolute Gasteiger partial charge is 0.341 e. The van der Waals surface area contributed by atoms with Crippen LogP contribution in [0.15, 0.2) is 30.5 Å². The van der Waals surface area contributed by atoms with E-state index in [0.29, 0.717) is 0 Å². The molecule has 3 rings (SSSR count). The fraction of sp³-hybridized carbons (Fsp3) is 0.333. The number of aromatic nitrogens is 2.